The summed E-state index contributed by atoms with van der Waals surface area (Å²) >= 11 is 1.55. The van der Waals surface area contributed by atoms with Gasteiger partial charge in [-0.25, -0.2) is 9.97 Å². The van der Waals surface area contributed by atoms with Gasteiger partial charge in [0.1, 0.15) is 11.1 Å². The van der Waals surface area contributed by atoms with Crippen LogP contribution in [0.15, 0.2) is 82.5 Å². The van der Waals surface area contributed by atoms with Crippen molar-refractivity contribution in [1.29, 1.82) is 0 Å². The third-order valence-electron chi connectivity index (χ3n) is 4.82. The molecule has 0 spiro atoms. The van der Waals surface area contributed by atoms with Crippen molar-refractivity contribution in [3.8, 4) is 22.6 Å². The minimum Gasteiger partial charge on any atom is -0.444 e. The molecule has 2 aromatic carbocycles. The van der Waals surface area contributed by atoms with Gasteiger partial charge in [0.25, 0.3) is 5.56 Å². The minimum absolute atomic E-state index is 0.0672. The van der Waals surface area contributed by atoms with Gasteiger partial charge >= 0.3 is 0 Å². The standard InChI is InChI=1S/C23H17N3O2S/c1-15-19(16-8-4-2-5-9-16)20-22(29-15)24-14-26(23(20)27)12-18-13-28-21(25-18)17-10-6-3-7-11-17/h2-11,13-14H,12H2,1H3. The molecule has 29 heavy (non-hydrogen) atoms. The fourth-order valence-electron chi connectivity index (χ4n) is 3.47. The second-order valence-corrected chi connectivity index (χ2v) is 7.97. The van der Waals surface area contributed by atoms with Crippen LogP contribution in [0.5, 0.6) is 0 Å². The minimum atomic E-state index is -0.0672. The molecule has 0 aliphatic rings. The molecule has 5 rings (SSSR count). The van der Waals surface area contributed by atoms with Crippen molar-refractivity contribution in [2.75, 3.05) is 0 Å². The highest BCUT2D eigenvalue weighted by atomic mass is 32.1. The molecular formula is C23H17N3O2S. The van der Waals surface area contributed by atoms with Crippen LogP contribution >= 0.6 is 11.3 Å². The Morgan fingerprint density at radius 2 is 1.69 bits per heavy atom. The van der Waals surface area contributed by atoms with E-state index >= 15 is 0 Å². The van der Waals surface area contributed by atoms with Gasteiger partial charge in [-0.1, -0.05) is 48.5 Å². The van der Waals surface area contributed by atoms with Crippen LogP contribution in [0.4, 0.5) is 0 Å². The summed E-state index contributed by atoms with van der Waals surface area (Å²) in [7, 11) is 0. The van der Waals surface area contributed by atoms with E-state index in [2.05, 4.69) is 9.97 Å². The normalized spacial score (nSPS) is 11.2. The molecule has 0 bridgehead atoms. The topological polar surface area (TPSA) is 60.9 Å². The second-order valence-electron chi connectivity index (χ2n) is 6.77. The van der Waals surface area contributed by atoms with Gasteiger partial charge in [0.05, 0.1) is 24.0 Å². The summed E-state index contributed by atoms with van der Waals surface area (Å²) in [4.78, 5) is 24.2. The summed E-state index contributed by atoms with van der Waals surface area (Å²) in [5.41, 5.74) is 3.51. The van der Waals surface area contributed by atoms with Gasteiger partial charge in [-0.3, -0.25) is 9.36 Å². The molecule has 0 saturated heterocycles. The number of oxazole rings is 1. The molecule has 0 radical (unpaired) electrons. The third-order valence-corrected chi connectivity index (χ3v) is 5.84. The number of rotatable bonds is 4. The Hall–Kier alpha value is -3.51. The predicted octanol–water partition coefficient (Wildman–Crippen LogP) is 5.14. The van der Waals surface area contributed by atoms with Crippen molar-refractivity contribution in [1.82, 2.24) is 14.5 Å². The first-order valence-corrected chi connectivity index (χ1v) is 10.1. The lowest BCUT2D eigenvalue weighted by Gasteiger charge is -2.05. The van der Waals surface area contributed by atoms with E-state index in [9.17, 15) is 4.79 Å². The number of aromatic nitrogens is 3. The Kier molecular flexibility index (Phi) is 4.33. The predicted molar refractivity (Wildman–Crippen MR) is 115 cm³/mol. The Morgan fingerprint density at radius 3 is 2.41 bits per heavy atom. The quantitative estimate of drug-likeness (QED) is 0.420. The third kappa shape index (κ3) is 3.17. The summed E-state index contributed by atoms with van der Waals surface area (Å²) in [5.74, 6) is 0.541. The van der Waals surface area contributed by atoms with Gasteiger partial charge in [0.2, 0.25) is 5.89 Å². The summed E-state index contributed by atoms with van der Waals surface area (Å²) in [6.07, 6.45) is 3.18. The number of hydrogen-bond acceptors (Lipinski definition) is 5. The van der Waals surface area contributed by atoms with Crippen molar-refractivity contribution in [3.05, 3.63) is 94.2 Å². The molecule has 3 heterocycles. The molecule has 0 unspecified atom stereocenters. The fourth-order valence-corrected chi connectivity index (χ4v) is 4.47. The van der Waals surface area contributed by atoms with Crippen molar-refractivity contribution < 1.29 is 4.42 Å². The van der Waals surface area contributed by atoms with E-state index in [4.69, 9.17) is 4.42 Å². The van der Waals surface area contributed by atoms with Crippen LogP contribution in [0.3, 0.4) is 0 Å². The van der Waals surface area contributed by atoms with Crippen LogP contribution in [-0.2, 0) is 6.54 Å². The highest BCUT2D eigenvalue weighted by molar-refractivity contribution is 7.19. The first-order valence-electron chi connectivity index (χ1n) is 9.24. The molecule has 0 amide bonds. The molecule has 5 nitrogen and oxygen atoms in total. The molecule has 3 aromatic heterocycles. The number of hydrogen-bond donors (Lipinski definition) is 0. The van der Waals surface area contributed by atoms with Crippen LogP contribution in [0.1, 0.15) is 10.6 Å². The average Bonchev–Trinajstić information content (AvgIpc) is 3.36. The zero-order valence-corrected chi connectivity index (χ0v) is 16.5. The maximum absolute atomic E-state index is 13.3. The van der Waals surface area contributed by atoms with Gasteiger partial charge < -0.3 is 4.42 Å². The maximum Gasteiger partial charge on any atom is 0.263 e. The van der Waals surface area contributed by atoms with Crippen LogP contribution in [0, 0.1) is 6.92 Å². The van der Waals surface area contributed by atoms with Gasteiger partial charge in [-0.15, -0.1) is 11.3 Å². The summed E-state index contributed by atoms with van der Waals surface area (Å²) in [6.45, 7) is 2.34. The number of aryl methyl sites for hydroxylation is 1. The number of thiophene rings is 1. The zero-order valence-electron chi connectivity index (χ0n) is 15.7. The second kappa shape index (κ2) is 7.14. The highest BCUT2D eigenvalue weighted by Crippen LogP contribution is 2.35. The van der Waals surface area contributed by atoms with Gasteiger partial charge in [0, 0.05) is 16.0 Å². The van der Waals surface area contributed by atoms with Crippen molar-refractivity contribution >= 4 is 21.6 Å². The molecule has 0 aliphatic heterocycles. The molecule has 0 N–H and O–H groups in total. The molecule has 5 aromatic rings. The van der Waals surface area contributed by atoms with E-state index < -0.39 is 0 Å². The van der Waals surface area contributed by atoms with Crippen molar-refractivity contribution in [2.24, 2.45) is 0 Å². The SMILES string of the molecule is Cc1sc2ncn(Cc3coc(-c4ccccc4)n3)c(=O)c2c1-c1ccccc1. The zero-order chi connectivity index (χ0) is 19.8. The average molecular weight is 399 g/mol. The largest absolute Gasteiger partial charge is 0.444 e. The van der Waals surface area contributed by atoms with E-state index in [1.54, 1.807) is 28.5 Å². The van der Waals surface area contributed by atoms with Crippen molar-refractivity contribution in [3.63, 3.8) is 0 Å². The van der Waals surface area contributed by atoms with Crippen molar-refractivity contribution in [2.45, 2.75) is 13.5 Å². The number of fused-ring (bicyclic) bond motifs is 1. The molecule has 0 saturated carbocycles. The van der Waals surface area contributed by atoms with E-state index in [1.807, 2.05) is 67.6 Å². The lowest BCUT2D eigenvalue weighted by Crippen LogP contribution is -2.21. The van der Waals surface area contributed by atoms with E-state index in [0.717, 1.165) is 26.4 Å². The Labute approximate surface area is 170 Å². The Bertz CT molecular complexity index is 1350. The fraction of sp³-hybridized carbons (Fsp3) is 0.0870. The van der Waals surface area contributed by atoms with E-state index in [-0.39, 0.29) is 5.56 Å². The monoisotopic (exact) mass is 399 g/mol. The molecule has 6 heteroatoms. The Morgan fingerprint density at radius 1 is 1.00 bits per heavy atom. The summed E-state index contributed by atoms with van der Waals surface area (Å²) in [5, 5.41) is 0.660. The van der Waals surface area contributed by atoms with Gasteiger partial charge in [-0.05, 0) is 24.6 Å². The molecule has 0 fully saturated rings. The van der Waals surface area contributed by atoms with Crippen LogP contribution in [-0.4, -0.2) is 14.5 Å². The molecular weight excluding hydrogens is 382 g/mol. The molecule has 0 atom stereocenters. The van der Waals surface area contributed by atoms with E-state index in [0.29, 0.717) is 23.5 Å². The number of nitrogens with zero attached hydrogens (tertiary/aromatic N) is 3. The maximum atomic E-state index is 13.3. The lowest BCUT2D eigenvalue weighted by atomic mass is 10.0. The number of benzene rings is 2. The first-order chi connectivity index (χ1) is 14.2. The van der Waals surface area contributed by atoms with Crippen LogP contribution in [0.25, 0.3) is 32.8 Å². The van der Waals surface area contributed by atoms with Gasteiger partial charge in [-0.2, -0.15) is 0 Å². The summed E-state index contributed by atoms with van der Waals surface area (Å²) < 4.78 is 7.19. The highest BCUT2D eigenvalue weighted by Gasteiger charge is 2.17. The van der Waals surface area contributed by atoms with E-state index in [1.165, 1.54) is 0 Å². The molecule has 142 valence electrons. The Balaban J connectivity index is 1.56. The molecule has 0 aliphatic carbocycles. The first kappa shape index (κ1) is 17.6. The van der Waals surface area contributed by atoms with Crippen LogP contribution in [0.2, 0.25) is 0 Å². The van der Waals surface area contributed by atoms with Crippen LogP contribution < -0.4 is 5.56 Å². The lowest BCUT2D eigenvalue weighted by molar-refractivity contribution is 0.571. The summed E-state index contributed by atoms with van der Waals surface area (Å²) in [6, 6.07) is 19.7. The smallest absolute Gasteiger partial charge is 0.263 e. The van der Waals surface area contributed by atoms with Gasteiger partial charge in [0.15, 0.2) is 0 Å².